The molecular formula is C31H39N7O. The van der Waals surface area contributed by atoms with Gasteiger partial charge in [-0.15, -0.1) is 5.10 Å². The predicted molar refractivity (Wildman–Crippen MR) is 158 cm³/mol. The topological polar surface area (TPSA) is 88.0 Å². The number of carbonyl (C=O) groups excluding carboxylic acids is 1. The van der Waals surface area contributed by atoms with Crippen molar-refractivity contribution in [2.75, 3.05) is 36.4 Å². The zero-order valence-electron chi connectivity index (χ0n) is 23.7. The fraction of sp³-hybridized carbons (Fsp3) is 0.419. The van der Waals surface area contributed by atoms with Crippen LogP contribution < -0.4 is 15.5 Å². The maximum Gasteiger partial charge on any atom is 0.223 e. The van der Waals surface area contributed by atoms with Gasteiger partial charge in [0.1, 0.15) is 5.52 Å². The summed E-state index contributed by atoms with van der Waals surface area (Å²) in [6.07, 6.45) is 1.56. The summed E-state index contributed by atoms with van der Waals surface area (Å²) < 4.78 is 1.98. The number of fused-ring (bicyclic) bond motifs is 1. The summed E-state index contributed by atoms with van der Waals surface area (Å²) in [6, 6.07) is 18.5. The molecule has 2 aromatic heterocycles. The molecule has 39 heavy (non-hydrogen) atoms. The smallest absolute Gasteiger partial charge is 0.223 e. The number of aryl methyl sites for hydroxylation is 3. The molecule has 2 N–H and O–H groups in total. The Labute approximate surface area is 230 Å². The van der Waals surface area contributed by atoms with E-state index >= 15 is 0 Å². The second kappa shape index (κ2) is 11.0. The van der Waals surface area contributed by atoms with Gasteiger partial charge in [-0.1, -0.05) is 49.7 Å². The van der Waals surface area contributed by atoms with E-state index in [1.807, 2.05) is 29.8 Å². The number of nitrogens with one attached hydrogen (secondary N) is 2. The molecule has 0 radical (unpaired) electrons. The van der Waals surface area contributed by atoms with Gasteiger partial charge < -0.3 is 15.5 Å². The third kappa shape index (κ3) is 5.90. The number of rotatable bonds is 8. The quantitative estimate of drug-likeness (QED) is 0.328. The molecule has 0 saturated carbocycles. The molecule has 4 aromatic rings. The number of anilines is 2. The summed E-state index contributed by atoms with van der Waals surface area (Å²) in [5.74, 6) is 0.943. The van der Waals surface area contributed by atoms with Crippen LogP contribution >= 0.6 is 0 Å². The molecule has 5 rings (SSSR count). The fourth-order valence-electron chi connectivity index (χ4n) is 5.25. The Morgan fingerprint density at radius 3 is 2.33 bits per heavy atom. The summed E-state index contributed by atoms with van der Waals surface area (Å²) in [6.45, 7) is 13.4. The molecule has 1 fully saturated rings. The van der Waals surface area contributed by atoms with E-state index in [4.69, 9.17) is 5.10 Å². The van der Waals surface area contributed by atoms with Crippen LogP contribution in [-0.2, 0) is 4.79 Å². The maximum absolute atomic E-state index is 13.1. The van der Waals surface area contributed by atoms with Crippen LogP contribution in [0.2, 0.25) is 0 Å². The largest absolute Gasteiger partial charge is 0.384 e. The van der Waals surface area contributed by atoms with Crippen LogP contribution in [0, 0.1) is 32.1 Å². The molecule has 0 unspecified atom stereocenters. The lowest BCUT2D eigenvalue weighted by Crippen LogP contribution is -2.44. The molecular weight excluding hydrogens is 486 g/mol. The highest BCUT2D eigenvalue weighted by Crippen LogP contribution is 2.31. The number of carbonyl (C=O) groups is 1. The van der Waals surface area contributed by atoms with Crippen LogP contribution in [0.5, 0.6) is 0 Å². The van der Waals surface area contributed by atoms with Crippen LogP contribution in [0.3, 0.4) is 0 Å². The molecule has 0 spiro atoms. The second-order valence-corrected chi connectivity index (χ2v) is 11.5. The molecule has 1 saturated heterocycles. The van der Waals surface area contributed by atoms with Crippen molar-refractivity contribution in [3.8, 4) is 5.69 Å². The lowest BCUT2D eigenvalue weighted by atomic mass is 9.91. The maximum atomic E-state index is 13.1. The zero-order valence-corrected chi connectivity index (χ0v) is 23.7. The molecule has 1 aliphatic heterocycles. The third-order valence-electron chi connectivity index (χ3n) is 7.71. The van der Waals surface area contributed by atoms with Gasteiger partial charge in [-0.05, 0) is 63.3 Å². The highest BCUT2D eigenvalue weighted by atomic mass is 16.1. The number of hydrogen-bond acceptors (Lipinski definition) is 6. The van der Waals surface area contributed by atoms with E-state index in [2.05, 4.69) is 89.8 Å². The summed E-state index contributed by atoms with van der Waals surface area (Å²) in [5.41, 5.74) is 6.07. The highest BCUT2D eigenvalue weighted by molar-refractivity contribution is 5.92. The lowest BCUT2D eigenvalue weighted by molar-refractivity contribution is -0.126. The Morgan fingerprint density at radius 2 is 1.64 bits per heavy atom. The van der Waals surface area contributed by atoms with E-state index in [9.17, 15) is 4.79 Å². The first kappa shape index (κ1) is 26.7. The normalized spacial score (nSPS) is 14.5. The third-order valence-corrected chi connectivity index (χ3v) is 7.71. The van der Waals surface area contributed by atoms with Crippen molar-refractivity contribution in [1.82, 2.24) is 25.3 Å². The molecule has 1 aliphatic rings. The van der Waals surface area contributed by atoms with Crippen LogP contribution in [0.15, 0.2) is 54.6 Å². The minimum absolute atomic E-state index is 0.000109. The van der Waals surface area contributed by atoms with Crippen molar-refractivity contribution in [3.63, 3.8) is 0 Å². The summed E-state index contributed by atoms with van der Waals surface area (Å²) >= 11 is 0. The average molecular weight is 526 g/mol. The standard InChI is InChI=1S/C31H39N7O/c1-21-11-13-26(14-12-21)38-23(3)27-22(2)34-35-29(28(27)36-38)37-17-15-24(16-18-37)30(39)33-20-31(4,5)19-32-25-9-7-6-8-10-25/h6-14,24,32H,15-20H2,1-5H3,(H,33,39). The molecule has 8 heteroatoms. The minimum Gasteiger partial charge on any atom is -0.384 e. The number of para-hydroxylation sites is 1. The second-order valence-electron chi connectivity index (χ2n) is 11.5. The van der Waals surface area contributed by atoms with Gasteiger partial charge in [-0.2, -0.15) is 10.2 Å². The molecule has 3 heterocycles. The van der Waals surface area contributed by atoms with Gasteiger partial charge in [0.25, 0.3) is 0 Å². The van der Waals surface area contributed by atoms with E-state index < -0.39 is 0 Å². The van der Waals surface area contributed by atoms with Gasteiger partial charge in [0, 0.05) is 37.8 Å². The van der Waals surface area contributed by atoms with Gasteiger partial charge >= 0.3 is 0 Å². The first-order chi connectivity index (χ1) is 18.7. The number of nitrogens with zero attached hydrogens (tertiary/aromatic N) is 5. The Balaban J connectivity index is 1.22. The van der Waals surface area contributed by atoms with Gasteiger partial charge in [-0.3, -0.25) is 4.79 Å². The Morgan fingerprint density at radius 1 is 0.949 bits per heavy atom. The lowest BCUT2D eigenvalue weighted by Gasteiger charge is -2.33. The number of amides is 1. The fourth-order valence-corrected chi connectivity index (χ4v) is 5.25. The molecule has 0 aliphatic carbocycles. The summed E-state index contributed by atoms with van der Waals surface area (Å²) in [5, 5.41) is 21.8. The van der Waals surface area contributed by atoms with Crippen molar-refractivity contribution in [1.29, 1.82) is 0 Å². The van der Waals surface area contributed by atoms with Crippen LogP contribution in [0.1, 0.15) is 43.6 Å². The number of piperidine rings is 1. The minimum atomic E-state index is -0.0660. The van der Waals surface area contributed by atoms with Crippen LogP contribution in [0.25, 0.3) is 16.6 Å². The van der Waals surface area contributed by atoms with E-state index in [0.29, 0.717) is 6.54 Å². The summed E-state index contributed by atoms with van der Waals surface area (Å²) in [4.78, 5) is 15.3. The summed E-state index contributed by atoms with van der Waals surface area (Å²) in [7, 11) is 0. The zero-order chi connectivity index (χ0) is 27.6. The first-order valence-electron chi connectivity index (χ1n) is 13.8. The average Bonchev–Trinajstić information content (AvgIpc) is 3.30. The predicted octanol–water partition coefficient (Wildman–Crippen LogP) is 5.21. The highest BCUT2D eigenvalue weighted by Gasteiger charge is 2.29. The van der Waals surface area contributed by atoms with Crippen LogP contribution in [-0.4, -0.2) is 52.1 Å². The van der Waals surface area contributed by atoms with Crippen molar-refractivity contribution in [2.45, 2.75) is 47.5 Å². The molecule has 2 aromatic carbocycles. The van der Waals surface area contributed by atoms with Crippen molar-refractivity contribution < 1.29 is 4.79 Å². The van der Waals surface area contributed by atoms with E-state index in [0.717, 1.165) is 72.0 Å². The Hall–Kier alpha value is -3.94. The van der Waals surface area contributed by atoms with Gasteiger partial charge in [0.15, 0.2) is 5.82 Å². The van der Waals surface area contributed by atoms with Crippen LogP contribution in [0.4, 0.5) is 11.5 Å². The molecule has 8 nitrogen and oxygen atoms in total. The SMILES string of the molecule is Cc1ccc(-n2nc3c(N4CCC(C(=O)NCC(C)(C)CNc5ccccc5)CC4)nnc(C)c3c2C)cc1. The number of benzene rings is 2. The van der Waals surface area contributed by atoms with Gasteiger partial charge in [0.05, 0.1) is 22.5 Å². The molecule has 0 atom stereocenters. The van der Waals surface area contributed by atoms with Crippen molar-refractivity contribution in [2.24, 2.45) is 11.3 Å². The van der Waals surface area contributed by atoms with E-state index in [1.54, 1.807) is 0 Å². The van der Waals surface area contributed by atoms with Gasteiger partial charge in [-0.25, -0.2) is 4.68 Å². The number of aromatic nitrogens is 4. The first-order valence-corrected chi connectivity index (χ1v) is 13.8. The van der Waals surface area contributed by atoms with Gasteiger partial charge in [0.2, 0.25) is 5.91 Å². The number of hydrogen-bond donors (Lipinski definition) is 2. The Bertz CT molecular complexity index is 1440. The van der Waals surface area contributed by atoms with Crippen molar-refractivity contribution in [3.05, 3.63) is 71.5 Å². The molecule has 0 bridgehead atoms. The van der Waals surface area contributed by atoms with E-state index in [1.165, 1.54) is 5.56 Å². The molecule has 1 amide bonds. The molecule has 204 valence electrons. The Kier molecular flexibility index (Phi) is 7.55. The van der Waals surface area contributed by atoms with Crippen molar-refractivity contribution >= 4 is 28.3 Å². The monoisotopic (exact) mass is 525 g/mol. The van der Waals surface area contributed by atoms with E-state index in [-0.39, 0.29) is 17.2 Å².